The van der Waals surface area contributed by atoms with Crippen LogP contribution < -0.4 is 5.32 Å². The average molecular weight is 362 g/mol. The molecule has 0 atom stereocenters. The van der Waals surface area contributed by atoms with Crippen molar-refractivity contribution in [2.75, 3.05) is 5.32 Å². The van der Waals surface area contributed by atoms with Crippen molar-refractivity contribution < 1.29 is 19.1 Å². The number of nitrogens with zero attached hydrogens (tertiary/aromatic N) is 3. The lowest BCUT2D eigenvalue weighted by molar-refractivity contribution is 0.0698. The number of aromatic carboxylic acids is 1. The molecule has 1 heterocycles. The second-order valence-electron chi connectivity index (χ2n) is 5.40. The van der Waals surface area contributed by atoms with Crippen LogP contribution >= 0.6 is 0 Å². The Balaban J connectivity index is 1.84. The van der Waals surface area contributed by atoms with Gasteiger partial charge < -0.3 is 10.4 Å². The van der Waals surface area contributed by atoms with Gasteiger partial charge in [0.05, 0.1) is 41.0 Å². The van der Waals surface area contributed by atoms with E-state index in [0.717, 1.165) is 6.07 Å². The summed E-state index contributed by atoms with van der Waals surface area (Å²) >= 11 is 0. The van der Waals surface area contributed by atoms with Crippen molar-refractivity contribution >= 4 is 17.6 Å². The van der Waals surface area contributed by atoms with E-state index in [9.17, 15) is 19.1 Å². The van der Waals surface area contributed by atoms with Crippen molar-refractivity contribution in [2.45, 2.75) is 0 Å². The quantitative estimate of drug-likeness (QED) is 0.737. The molecule has 0 saturated carbocycles. The molecule has 132 valence electrons. The van der Waals surface area contributed by atoms with Gasteiger partial charge in [0.2, 0.25) is 0 Å². The molecule has 7 nitrogen and oxygen atoms in total. The van der Waals surface area contributed by atoms with Gasteiger partial charge in [-0.2, -0.15) is 5.26 Å². The second-order valence-corrected chi connectivity index (χ2v) is 5.40. The minimum absolute atomic E-state index is 0.0199. The lowest BCUT2D eigenvalue weighted by Crippen LogP contribution is -2.16. The number of nitrogens with one attached hydrogen (secondary N) is 1. The van der Waals surface area contributed by atoms with Gasteiger partial charge >= 0.3 is 5.97 Å². The van der Waals surface area contributed by atoms with E-state index >= 15 is 0 Å². The first-order chi connectivity index (χ1) is 13.0. The number of amides is 1. The summed E-state index contributed by atoms with van der Waals surface area (Å²) in [5, 5.41) is 20.5. The molecule has 3 aromatic rings. The van der Waals surface area contributed by atoms with Gasteiger partial charge in [0, 0.05) is 5.56 Å². The Kier molecular flexibility index (Phi) is 4.86. The number of nitriles is 1. The molecule has 27 heavy (non-hydrogen) atoms. The molecule has 0 spiro atoms. The number of anilines is 1. The molecule has 1 aromatic heterocycles. The summed E-state index contributed by atoms with van der Waals surface area (Å²) in [4.78, 5) is 31.6. The zero-order valence-corrected chi connectivity index (χ0v) is 13.7. The Morgan fingerprint density at radius 3 is 2.52 bits per heavy atom. The fourth-order valence-electron chi connectivity index (χ4n) is 2.34. The Morgan fingerprint density at radius 2 is 1.89 bits per heavy atom. The van der Waals surface area contributed by atoms with E-state index in [2.05, 4.69) is 15.3 Å². The number of hydrogen-bond acceptors (Lipinski definition) is 5. The lowest BCUT2D eigenvalue weighted by atomic mass is 10.1. The maximum absolute atomic E-state index is 13.8. The smallest absolute Gasteiger partial charge is 0.337 e. The minimum Gasteiger partial charge on any atom is -0.478 e. The number of aromatic nitrogens is 2. The van der Waals surface area contributed by atoms with E-state index in [1.54, 1.807) is 12.1 Å². The van der Waals surface area contributed by atoms with Gasteiger partial charge in [0.25, 0.3) is 5.91 Å². The summed E-state index contributed by atoms with van der Waals surface area (Å²) in [6, 6.07) is 11.7. The van der Waals surface area contributed by atoms with E-state index in [4.69, 9.17) is 5.26 Å². The van der Waals surface area contributed by atoms with Gasteiger partial charge in [-0.15, -0.1) is 0 Å². The lowest BCUT2D eigenvalue weighted by Gasteiger charge is -2.09. The molecule has 1 amide bonds. The van der Waals surface area contributed by atoms with Crippen molar-refractivity contribution in [3.63, 3.8) is 0 Å². The van der Waals surface area contributed by atoms with E-state index in [1.807, 2.05) is 6.07 Å². The van der Waals surface area contributed by atoms with Crippen LogP contribution in [0.4, 0.5) is 10.1 Å². The zero-order chi connectivity index (χ0) is 19.4. The molecule has 0 unspecified atom stereocenters. The Labute approximate surface area is 152 Å². The maximum atomic E-state index is 13.8. The summed E-state index contributed by atoms with van der Waals surface area (Å²) in [6.07, 6.45) is 2.42. The first-order valence-corrected chi connectivity index (χ1v) is 7.65. The second kappa shape index (κ2) is 7.41. The van der Waals surface area contributed by atoms with Crippen LogP contribution in [0.25, 0.3) is 11.3 Å². The Hall–Kier alpha value is -4.12. The van der Waals surface area contributed by atoms with Crippen molar-refractivity contribution in [1.82, 2.24) is 9.97 Å². The van der Waals surface area contributed by atoms with Gasteiger partial charge in [-0.3, -0.25) is 9.78 Å². The van der Waals surface area contributed by atoms with E-state index in [-0.39, 0.29) is 33.8 Å². The summed E-state index contributed by atoms with van der Waals surface area (Å²) in [5.74, 6) is -2.44. The van der Waals surface area contributed by atoms with Crippen LogP contribution in [-0.4, -0.2) is 27.0 Å². The topological polar surface area (TPSA) is 116 Å². The molecule has 8 heteroatoms. The van der Waals surface area contributed by atoms with Crippen LogP contribution in [0.1, 0.15) is 26.4 Å². The number of hydrogen-bond donors (Lipinski definition) is 2. The highest BCUT2D eigenvalue weighted by Crippen LogP contribution is 2.21. The van der Waals surface area contributed by atoms with E-state index in [1.165, 1.54) is 36.7 Å². The standard InChI is InChI=1S/C19H11FN4O3/c20-14-4-2-1-3-12(14)16-9-23-17(10-22-16)18(25)24-15-6-5-11(8-21)7-13(15)19(26)27/h1-7,9-10H,(H,24,25)(H,26,27). The summed E-state index contributed by atoms with van der Waals surface area (Å²) in [6.45, 7) is 0. The first kappa shape index (κ1) is 17.7. The fourth-order valence-corrected chi connectivity index (χ4v) is 2.34. The first-order valence-electron chi connectivity index (χ1n) is 7.65. The van der Waals surface area contributed by atoms with Crippen LogP contribution in [0.2, 0.25) is 0 Å². The minimum atomic E-state index is -1.29. The fraction of sp³-hybridized carbons (Fsp3) is 0. The van der Waals surface area contributed by atoms with Gasteiger partial charge in [-0.05, 0) is 30.3 Å². The highest BCUT2D eigenvalue weighted by Gasteiger charge is 2.16. The SMILES string of the molecule is N#Cc1ccc(NC(=O)c2cnc(-c3ccccc3F)cn2)c(C(=O)O)c1. The van der Waals surface area contributed by atoms with Crippen LogP contribution in [0.15, 0.2) is 54.9 Å². The highest BCUT2D eigenvalue weighted by molar-refractivity contribution is 6.06. The molecule has 2 N–H and O–H groups in total. The zero-order valence-electron chi connectivity index (χ0n) is 13.7. The van der Waals surface area contributed by atoms with Crippen molar-refractivity contribution in [1.29, 1.82) is 5.26 Å². The monoisotopic (exact) mass is 362 g/mol. The number of rotatable bonds is 4. The van der Waals surface area contributed by atoms with Gasteiger partial charge in [-0.25, -0.2) is 14.2 Å². The van der Waals surface area contributed by atoms with Gasteiger partial charge in [0.1, 0.15) is 11.5 Å². The van der Waals surface area contributed by atoms with Crippen molar-refractivity contribution in [2.24, 2.45) is 0 Å². The predicted octanol–water partition coefficient (Wildman–Crippen LogP) is 3.10. The molecule has 0 aliphatic heterocycles. The van der Waals surface area contributed by atoms with Crippen molar-refractivity contribution in [3.8, 4) is 17.3 Å². The third-order valence-electron chi connectivity index (χ3n) is 3.66. The number of carbonyl (C=O) groups is 2. The number of halogens is 1. The summed E-state index contributed by atoms with van der Waals surface area (Å²) < 4.78 is 13.8. The normalized spacial score (nSPS) is 10.1. The number of carbonyl (C=O) groups excluding carboxylic acids is 1. The Bertz CT molecular complexity index is 1080. The largest absolute Gasteiger partial charge is 0.478 e. The molecule has 0 saturated heterocycles. The molecule has 0 radical (unpaired) electrons. The predicted molar refractivity (Wildman–Crippen MR) is 93.5 cm³/mol. The highest BCUT2D eigenvalue weighted by atomic mass is 19.1. The van der Waals surface area contributed by atoms with E-state index in [0.29, 0.717) is 0 Å². The summed E-state index contributed by atoms with van der Waals surface area (Å²) in [5.41, 5.74) is 0.381. The molecule has 0 bridgehead atoms. The number of benzene rings is 2. The molecule has 0 aliphatic rings. The van der Waals surface area contributed by atoms with Crippen LogP contribution in [0, 0.1) is 17.1 Å². The molecule has 0 fully saturated rings. The molecular weight excluding hydrogens is 351 g/mol. The summed E-state index contributed by atoms with van der Waals surface area (Å²) in [7, 11) is 0. The number of carboxylic acids is 1. The third-order valence-corrected chi connectivity index (χ3v) is 3.66. The molecule has 0 aliphatic carbocycles. The third kappa shape index (κ3) is 3.77. The average Bonchev–Trinajstić information content (AvgIpc) is 2.68. The van der Waals surface area contributed by atoms with E-state index < -0.39 is 17.7 Å². The van der Waals surface area contributed by atoms with Crippen LogP contribution in [0.5, 0.6) is 0 Å². The Morgan fingerprint density at radius 1 is 1.11 bits per heavy atom. The van der Waals surface area contributed by atoms with Crippen molar-refractivity contribution in [3.05, 3.63) is 77.5 Å². The molecule has 3 rings (SSSR count). The van der Waals surface area contributed by atoms with Crippen LogP contribution in [0.3, 0.4) is 0 Å². The van der Waals surface area contributed by atoms with Gasteiger partial charge in [-0.1, -0.05) is 12.1 Å². The van der Waals surface area contributed by atoms with Crippen LogP contribution in [-0.2, 0) is 0 Å². The maximum Gasteiger partial charge on any atom is 0.337 e. The van der Waals surface area contributed by atoms with Gasteiger partial charge in [0.15, 0.2) is 0 Å². The molecular formula is C19H11FN4O3. The molecule has 2 aromatic carbocycles. The number of carboxylic acid groups (broad SMARTS) is 1.